The van der Waals surface area contributed by atoms with Gasteiger partial charge in [-0.25, -0.2) is 4.79 Å². The Morgan fingerprint density at radius 3 is 1.88 bits per heavy atom. The smallest absolute Gasteiger partial charge is 0.326 e. The quantitative estimate of drug-likeness (QED) is 0.0587. The molecule has 3 amide bonds. The summed E-state index contributed by atoms with van der Waals surface area (Å²) in [5, 5.41) is 17.0. The number of carbonyl (C=O) groups is 4. The molecule has 4 unspecified atom stereocenters. The lowest BCUT2D eigenvalue weighted by molar-refractivity contribution is -0.142. The highest BCUT2D eigenvalue weighted by Gasteiger charge is 2.30. The fourth-order valence-corrected chi connectivity index (χ4v) is 3.03. The number of nitrogens with zero attached hydrogens (tertiary/aromatic N) is 1. The lowest BCUT2D eigenvalue weighted by atomic mass is 10.0. The second-order valence-corrected chi connectivity index (χ2v) is 8.92. The van der Waals surface area contributed by atoms with E-state index in [1.54, 1.807) is 13.8 Å². The van der Waals surface area contributed by atoms with Crippen LogP contribution in [0.2, 0.25) is 0 Å². The zero-order valence-corrected chi connectivity index (χ0v) is 20.6. The van der Waals surface area contributed by atoms with Crippen LogP contribution in [-0.4, -0.2) is 71.2 Å². The molecule has 12 nitrogen and oxygen atoms in total. The van der Waals surface area contributed by atoms with E-state index in [0.717, 1.165) is 0 Å². The van der Waals surface area contributed by atoms with Gasteiger partial charge in [0.25, 0.3) is 0 Å². The first-order valence-corrected chi connectivity index (χ1v) is 11.5. The summed E-state index contributed by atoms with van der Waals surface area (Å²) in [6.07, 6.45) is 0.694. The van der Waals surface area contributed by atoms with E-state index in [1.165, 1.54) is 0 Å². The molecule has 0 aliphatic heterocycles. The van der Waals surface area contributed by atoms with Gasteiger partial charge in [0.15, 0.2) is 5.96 Å². The fourth-order valence-electron chi connectivity index (χ4n) is 2.77. The normalized spacial score (nSPS) is 14.7. The number of carboxylic acid groups (broad SMARTS) is 1. The number of hydrogen-bond donors (Lipinski definition) is 8. The topological polar surface area (TPSA) is 215 Å². The first-order valence-electron chi connectivity index (χ1n) is 10.9. The zero-order chi connectivity index (χ0) is 25.7. The summed E-state index contributed by atoms with van der Waals surface area (Å²) < 4.78 is 0. The monoisotopic (exact) mass is 489 g/mol. The van der Waals surface area contributed by atoms with Gasteiger partial charge in [-0.2, -0.15) is 12.6 Å². The van der Waals surface area contributed by atoms with Gasteiger partial charge < -0.3 is 38.3 Å². The molecule has 10 N–H and O–H groups in total. The van der Waals surface area contributed by atoms with Crippen LogP contribution in [0.1, 0.15) is 47.0 Å². The molecule has 0 heterocycles. The fraction of sp³-hybridized carbons (Fsp3) is 0.750. The van der Waals surface area contributed by atoms with Crippen molar-refractivity contribution in [2.24, 2.45) is 34.0 Å². The van der Waals surface area contributed by atoms with Gasteiger partial charge in [0, 0.05) is 12.3 Å². The van der Waals surface area contributed by atoms with Crippen molar-refractivity contribution in [1.29, 1.82) is 0 Å². The van der Waals surface area contributed by atoms with E-state index in [-0.39, 0.29) is 42.9 Å². The Morgan fingerprint density at radius 2 is 1.42 bits per heavy atom. The molecule has 0 bridgehead atoms. The number of aliphatic carboxylic acids is 1. The average Bonchev–Trinajstić information content (AvgIpc) is 2.71. The van der Waals surface area contributed by atoms with Crippen molar-refractivity contribution >= 4 is 42.3 Å². The first kappa shape index (κ1) is 30.5. The summed E-state index contributed by atoms with van der Waals surface area (Å²) in [7, 11) is 0. The summed E-state index contributed by atoms with van der Waals surface area (Å²) in [6, 6.07) is -3.99. The zero-order valence-electron chi connectivity index (χ0n) is 19.7. The molecular weight excluding hydrogens is 450 g/mol. The Hall–Kier alpha value is -2.54. The minimum Gasteiger partial charge on any atom is -0.480 e. The molecule has 0 aromatic heterocycles. The van der Waals surface area contributed by atoms with Gasteiger partial charge in [-0.1, -0.05) is 27.7 Å². The largest absolute Gasteiger partial charge is 0.480 e. The van der Waals surface area contributed by atoms with Crippen LogP contribution in [0.25, 0.3) is 0 Å². The Labute approximate surface area is 200 Å². The van der Waals surface area contributed by atoms with Crippen molar-refractivity contribution in [2.75, 3.05) is 12.3 Å². The number of carboxylic acids is 1. The van der Waals surface area contributed by atoms with Crippen molar-refractivity contribution in [3.63, 3.8) is 0 Å². The summed E-state index contributed by atoms with van der Waals surface area (Å²) in [6.45, 7) is 7.49. The molecule has 190 valence electrons. The van der Waals surface area contributed by atoms with Gasteiger partial charge in [0.05, 0.1) is 6.04 Å². The van der Waals surface area contributed by atoms with Crippen LogP contribution in [0, 0.1) is 11.8 Å². The van der Waals surface area contributed by atoms with Gasteiger partial charge in [-0.15, -0.1) is 0 Å². The van der Waals surface area contributed by atoms with Gasteiger partial charge >= 0.3 is 5.97 Å². The van der Waals surface area contributed by atoms with E-state index >= 15 is 0 Å². The highest BCUT2D eigenvalue weighted by Crippen LogP contribution is 2.08. The van der Waals surface area contributed by atoms with Crippen LogP contribution in [0.5, 0.6) is 0 Å². The molecule has 0 fully saturated rings. The molecule has 0 aromatic carbocycles. The van der Waals surface area contributed by atoms with E-state index in [0.29, 0.717) is 6.42 Å². The molecule has 0 aromatic rings. The van der Waals surface area contributed by atoms with Crippen LogP contribution >= 0.6 is 12.6 Å². The molecule has 0 saturated heterocycles. The van der Waals surface area contributed by atoms with E-state index in [2.05, 4.69) is 33.6 Å². The maximum atomic E-state index is 12.8. The average molecular weight is 490 g/mol. The van der Waals surface area contributed by atoms with E-state index in [9.17, 15) is 24.3 Å². The second-order valence-electron chi connectivity index (χ2n) is 8.55. The highest BCUT2D eigenvalue weighted by atomic mass is 32.1. The lowest BCUT2D eigenvalue weighted by Crippen LogP contribution is -2.58. The molecule has 0 saturated carbocycles. The Bertz CT molecular complexity index is 698. The van der Waals surface area contributed by atoms with Crippen LogP contribution < -0.4 is 33.2 Å². The maximum Gasteiger partial charge on any atom is 0.326 e. The summed E-state index contributed by atoms with van der Waals surface area (Å²) in [4.78, 5) is 53.1. The Balaban J connectivity index is 5.25. The second kappa shape index (κ2) is 15.3. The molecule has 0 radical (unpaired) electrons. The molecular formula is C20H39N7O5S. The van der Waals surface area contributed by atoms with Gasteiger partial charge in [-0.3, -0.25) is 19.4 Å². The summed E-state index contributed by atoms with van der Waals surface area (Å²) in [5.41, 5.74) is 16.3. The number of amides is 3. The van der Waals surface area contributed by atoms with Crippen molar-refractivity contribution in [3.8, 4) is 0 Å². The standard InChI is InChI=1S/C20H39N7O5S/c1-10(2)8-13(16(28)25-12(19(31)32)6-5-7-24-20(22)23)26-17(29)14(9-33)27-18(30)15(21)11(3)4/h10-15,33H,5-9,21H2,1-4H3,(H,25,28)(H,26,29)(H,27,30)(H,31,32)(H4,22,23,24). The number of aliphatic imine (C=N–C) groups is 1. The molecule has 33 heavy (non-hydrogen) atoms. The number of nitrogens with two attached hydrogens (primary N) is 3. The summed E-state index contributed by atoms with van der Waals surface area (Å²) >= 11 is 4.12. The van der Waals surface area contributed by atoms with Gasteiger partial charge in [0.2, 0.25) is 17.7 Å². The minimum atomic E-state index is -1.22. The number of guanidine groups is 1. The third-order valence-corrected chi connectivity index (χ3v) is 5.10. The first-order chi connectivity index (χ1) is 15.3. The third kappa shape index (κ3) is 12.3. The van der Waals surface area contributed by atoms with E-state index in [4.69, 9.17) is 17.2 Å². The molecule has 0 aliphatic rings. The number of carbonyl (C=O) groups excluding carboxylic acids is 3. The van der Waals surface area contributed by atoms with Crippen LogP contribution in [0.15, 0.2) is 4.99 Å². The van der Waals surface area contributed by atoms with Crippen LogP contribution in [0.3, 0.4) is 0 Å². The predicted molar refractivity (Wildman–Crippen MR) is 129 cm³/mol. The number of thiol groups is 1. The third-order valence-electron chi connectivity index (χ3n) is 4.74. The maximum absolute atomic E-state index is 12.8. The van der Waals surface area contributed by atoms with E-state index in [1.807, 2.05) is 13.8 Å². The predicted octanol–water partition coefficient (Wildman–Crippen LogP) is -1.46. The molecule has 13 heteroatoms. The van der Waals surface area contributed by atoms with Gasteiger partial charge in [-0.05, 0) is 31.1 Å². The molecule has 4 atom stereocenters. The van der Waals surface area contributed by atoms with Crippen molar-refractivity contribution in [2.45, 2.75) is 71.1 Å². The highest BCUT2D eigenvalue weighted by molar-refractivity contribution is 7.80. The Morgan fingerprint density at radius 1 is 0.909 bits per heavy atom. The number of hydrogen-bond acceptors (Lipinski definition) is 7. The lowest BCUT2D eigenvalue weighted by Gasteiger charge is -2.26. The SMILES string of the molecule is CC(C)CC(NC(=O)C(CS)NC(=O)C(N)C(C)C)C(=O)NC(CCCN=C(N)N)C(=O)O. The van der Waals surface area contributed by atoms with Crippen LogP contribution in [0.4, 0.5) is 0 Å². The minimum absolute atomic E-state index is 0.0129. The van der Waals surface area contributed by atoms with E-state index < -0.39 is 47.9 Å². The Kier molecular flexibility index (Phi) is 14.1. The van der Waals surface area contributed by atoms with Crippen molar-refractivity contribution in [3.05, 3.63) is 0 Å². The number of nitrogens with one attached hydrogen (secondary N) is 3. The molecule has 0 rings (SSSR count). The van der Waals surface area contributed by atoms with Crippen molar-refractivity contribution in [1.82, 2.24) is 16.0 Å². The van der Waals surface area contributed by atoms with Crippen molar-refractivity contribution < 1.29 is 24.3 Å². The van der Waals surface area contributed by atoms with Crippen LogP contribution in [-0.2, 0) is 19.2 Å². The van der Waals surface area contributed by atoms with Gasteiger partial charge in [0.1, 0.15) is 18.1 Å². The summed E-state index contributed by atoms with van der Waals surface area (Å²) in [5.74, 6) is -3.21. The molecule has 0 aliphatic carbocycles. The number of rotatable bonds is 15. The molecule has 0 spiro atoms.